The molecule has 2 atom stereocenters. The number of esters is 1. The van der Waals surface area contributed by atoms with E-state index in [4.69, 9.17) is 14.2 Å². The van der Waals surface area contributed by atoms with E-state index in [9.17, 15) is 9.59 Å². The average Bonchev–Trinajstić information content (AvgIpc) is 2.98. The minimum absolute atomic E-state index is 0.0423. The summed E-state index contributed by atoms with van der Waals surface area (Å²) in [6.45, 7) is 0.122. The SMILES string of the molecule is COC(=O)C(OCc1ccc(OC)cc1)(c1ccccc1)[C@@H](CC(=O)c1ccccc1)c1ccccc1. The van der Waals surface area contributed by atoms with Gasteiger partial charge in [0.1, 0.15) is 5.75 Å². The lowest BCUT2D eigenvalue weighted by Gasteiger charge is -2.39. The van der Waals surface area contributed by atoms with E-state index in [2.05, 4.69) is 0 Å². The van der Waals surface area contributed by atoms with Gasteiger partial charge in [-0.25, -0.2) is 4.79 Å². The van der Waals surface area contributed by atoms with Crippen LogP contribution in [0, 0.1) is 0 Å². The molecule has 0 radical (unpaired) electrons. The standard InChI is InChI=1S/C32H30O5/c1-35-28-20-18-24(19-21-28)23-37-32(31(34)36-2,27-16-10-5-11-17-27)29(25-12-6-3-7-13-25)22-30(33)26-14-8-4-9-15-26/h3-21,29H,22-23H2,1-2H3/t29-,32?/m0/s1. The van der Waals surface area contributed by atoms with Gasteiger partial charge in [-0.3, -0.25) is 4.79 Å². The molecule has 5 heteroatoms. The average molecular weight is 495 g/mol. The van der Waals surface area contributed by atoms with Crippen LogP contribution in [0.1, 0.15) is 39.4 Å². The number of carbonyl (C=O) groups is 2. The van der Waals surface area contributed by atoms with Gasteiger partial charge in [-0.15, -0.1) is 0 Å². The Hall–Kier alpha value is -4.22. The number of ketones is 1. The van der Waals surface area contributed by atoms with Crippen molar-refractivity contribution in [2.24, 2.45) is 0 Å². The molecule has 0 heterocycles. The molecule has 4 rings (SSSR count). The van der Waals surface area contributed by atoms with Gasteiger partial charge in [0.25, 0.3) is 0 Å². The van der Waals surface area contributed by atoms with Crippen LogP contribution in [0.4, 0.5) is 0 Å². The summed E-state index contributed by atoms with van der Waals surface area (Å²) in [6.07, 6.45) is 0.0423. The lowest BCUT2D eigenvalue weighted by Crippen LogP contribution is -2.46. The first-order valence-corrected chi connectivity index (χ1v) is 12.1. The normalized spacial score (nSPS) is 13.2. The van der Waals surface area contributed by atoms with Crippen molar-refractivity contribution in [1.29, 1.82) is 0 Å². The third-order valence-corrected chi connectivity index (χ3v) is 6.49. The number of carbonyl (C=O) groups excluding carboxylic acids is 2. The minimum Gasteiger partial charge on any atom is -0.497 e. The molecule has 0 saturated carbocycles. The first-order chi connectivity index (χ1) is 18.1. The Kier molecular flexibility index (Phi) is 8.49. The highest BCUT2D eigenvalue weighted by atomic mass is 16.6. The molecule has 0 spiro atoms. The monoisotopic (exact) mass is 494 g/mol. The summed E-state index contributed by atoms with van der Waals surface area (Å²) in [4.78, 5) is 27.4. The lowest BCUT2D eigenvalue weighted by atomic mass is 9.73. The molecule has 0 N–H and O–H groups in total. The number of methoxy groups -OCH3 is 2. The van der Waals surface area contributed by atoms with Crippen LogP contribution in [0.15, 0.2) is 115 Å². The zero-order valence-electron chi connectivity index (χ0n) is 21.0. The fourth-order valence-corrected chi connectivity index (χ4v) is 4.57. The molecule has 0 fully saturated rings. The molecule has 0 amide bonds. The predicted octanol–water partition coefficient (Wildman–Crippen LogP) is 6.34. The summed E-state index contributed by atoms with van der Waals surface area (Å²) >= 11 is 0. The van der Waals surface area contributed by atoms with Gasteiger partial charge in [0.15, 0.2) is 11.4 Å². The van der Waals surface area contributed by atoms with Crippen molar-refractivity contribution >= 4 is 11.8 Å². The topological polar surface area (TPSA) is 61.8 Å². The van der Waals surface area contributed by atoms with E-state index in [1.54, 1.807) is 19.2 Å². The molecule has 0 saturated heterocycles. The Bertz CT molecular complexity index is 1290. The molecule has 1 unspecified atom stereocenters. The summed E-state index contributed by atoms with van der Waals surface area (Å²) in [7, 11) is 2.95. The number of rotatable bonds is 11. The summed E-state index contributed by atoms with van der Waals surface area (Å²) in [5.74, 6) is -0.593. The Balaban J connectivity index is 1.84. The van der Waals surface area contributed by atoms with E-state index in [-0.39, 0.29) is 18.8 Å². The highest BCUT2D eigenvalue weighted by molar-refractivity contribution is 5.97. The van der Waals surface area contributed by atoms with Crippen LogP contribution in [0.2, 0.25) is 0 Å². The van der Waals surface area contributed by atoms with Crippen LogP contribution in [-0.2, 0) is 26.5 Å². The van der Waals surface area contributed by atoms with Gasteiger partial charge in [0.2, 0.25) is 0 Å². The quantitative estimate of drug-likeness (QED) is 0.180. The maximum absolute atomic E-state index is 13.8. The van der Waals surface area contributed by atoms with Gasteiger partial charge in [-0.1, -0.05) is 103 Å². The molecule has 188 valence electrons. The lowest BCUT2D eigenvalue weighted by molar-refractivity contribution is -0.178. The molecule has 0 aliphatic heterocycles. The zero-order chi connectivity index (χ0) is 26.1. The van der Waals surface area contributed by atoms with Crippen molar-refractivity contribution in [3.8, 4) is 5.75 Å². The first-order valence-electron chi connectivity index (χ1n) is 12.1. The molecule has 4 aromatic carbocycles. The van der Waals surface area contributed by atoms with E-state index in [1.165, 1.54) is 7.11 Å². The smallest absolute Gasteiger partial charge is 0.343 e. The highest BCUT2D eigenvalue weighted by Crippen LogP contribution is 2.45. The summed E-state index contributed by atoms with van der Waals surface area (Å²) in [6, 6.07) is 35.3. The molecular weight excluding hydrogens is 464 g/mol. The maximum atomic E-state index is 13.8. The number of ether oxygens (including phenoxy) is 3. The van der Waals surface area contributed by atoms with E-state index in [0.29, 0.717) is 11.1 Å². The largest absolute Gasteiger partial charge is 0.497 e. The van der Waals surface area contributed by atoms with Crippen LogP contribution in [0.3, 0.4) is 0 Å². The second-order valence-electron chi connectivity index (χ2n) is 8.69. The van der Waals surface area contributed by atoms with Crippen LogP contribution >= 0.6 is 0 Å². The van der Waals surface area contributed by atoms with Gasteiger partial charge in [-0.05, 0) is 28.8 Å². The van der Waals surface area contributed by atoms with E-state index in [1.807, 2.05) is 103 Å². The first kappa shape index (κ1) is 25.9. The molecule has 0 aliphatic carbocycles. The van der Waals surface area contributed by atoms with Gasteiger partial charge in [0, 0.05) is 17.9 Å². The Morgan fingerprint density at radius 3 is 1.86 bits per heavy atom. The maximum Gasteiger partial charge on any atom is 0.343 e. The molecule has 5 nitrogen and oxygen atoms in total. The molecule has 0 bridgehead atoms. The van der Waals surface area contributed by atoms with Gasteiger partial charge in [-0.2, -0.15) is 0 Å². The Morgan fingerprint density at radius 2 is 1.30 bits per heavy atom. The number of hydrogen-bond acceptors (Lipinski definition) is 5. The van der Waals surface area contributed by atoms with Crippen molar-refractivity contribution in [3.63, 3.8) is 0 Å². The Labute approximate surface area is 217 Å². The second-order valence-corrected chi connectivity index (χ2v) is 8.69. The van der Waals surface area contributed by atoms with Crippen LogP contribution in [0.5, 0.6) is 5.75 Å². The molecule has 0 aromatic heterocycles. The van der Waals surface area contributed by atoms with E-state index >= 15 is 0 Å². The fraction of sp³-hybridized carbons (Fsp3) is 0.188. The summed E-state index contributed by atoms with van der Waals surface area (Å²) in [5, 5.41) is 0. The Morgan fingerprint density at radius 1 is 0.730 bits per heavy atom. The number of Topliss-reactive ketones (excluding diaryl/α,β-unsaturated/α-hetero) is 1. The molecule has 0 aliphatic rings. The second kappa shape index (κ2) is 12.2. The third-order valence-electron chi connectivity index (χ3n) is 6.49. The summed E-state index contributed by atoms with van der Waals surface area (Å²) < 4.78 is 17.3. The summed E-state index contributed by atoms with van der Waals surface area (Å²) in [5.41, 5.74) is 1.26. The van der Waals surface area contributed by atoms with Crippen molar-refractivity contribution < 1.29 is 23.8 Å². The highest BCUT2D eigenvalue weighted by Gasteiger charge is 2.51. The fourth-order valence-electron chi connectivity index (χ4n) is 4.57. The van der Waals surface area contributed by atoms with E-state index < -0.39 is 17.5 Å². The van der Waals surface area contributed by atoms with Gasteiger partial charge >= 0.3 is 5.97 Å². The minimum atomic E-state index is -1.58. The van der Waals surface area contributed by atoms with E-state index in [0.717, 1.165) is 16.9 Å². The molecular formula is C32H30O5. The van der Waals surface area contributed by atoms with Crippen LogP contribution in [-0.4, -0.2) is 26.0 Å². The van der Waals surface area contributed by atoms with Gasteiger partial charge in [0.05, 0.1) is 20.8 Å². The van der Waals surface area contributed by atoms with Crippen LogP contribution < -0.4 is 4.74 Å². The molecule has 4 aromatic rings. The van der Waals surface area contributed by atoms with Crippen molar-refractivity contribution in [2.75, 3.05) is 14.2 Å². The predicted molar refractivity (Wildman–Crippen MR) is 142 cm³/mol. The molecule has 37 heavy (non-hydrogen) atoms. The van der Waals surface area contributed by atoms with Crippen LogP contribution in [0.25, 0.3) is 0 Å². The number of hydrogen-bond donors (Lipinski definition) is 0. The van der Waals surface area contributed by atoms with Crippen molar-refractivity contribution in [2.45, 2.75) is 24.5 Å². The van der Waals surface area contributed by atoms with Crippen molar-refractivity contribution in [3.05, 3.63) is 138 Å². The van der Waals surface area contributed by atoms with Gasteiger partial charge < -0.3 is 14.2 Å². The van der Waals surface area contributed by atoms with Crippen molar-refractivity contribution in [1.82, 2.24) is 0 Å². The third kappa shape index (κ3) is 5.79. The number of benzene rings is 4. The zero-order valence-corrected chi connectivity index (χ0v) is 21.0.